The van der Waals surface area contributed by atoms with Crippen molar-refractivity contribution in [2.45, 2.75) is 26.4 Å². The van der Waals surface area contributed by atoms with Crippen LogP contribution in [-0.2, 0) is 14.2 Å². The molecule has 1 unspecified atom stereocenters. The van der Waals surface area contributed by atoms with Crippen LogP contribution in [0.5, 0.6) is 5.75 Å². The fourth-order valence-electron chi connectivity index (χ4n) is 2.21. The van der Waals surface area contributed by atoms with E-state index in [0.717, 1.165) is 10.9 Å². The minimum absolute atomic E-state index is 0.300. The largest absolute Gasteiger partial charge is 0.488 e. The number of benzene rings is 1. The second-order valence-electron chi connectivity index (χ2n) is 4.68. The summed E-state index contributed by atoms with van der Waals surface area (Å²) >= 11 is 0. The van der Waals surface area contributed by atoms with Crippen LogP contribution in [-0.4, -0.2) is 43.3 Å². The molecule has 0 aliphatic heterocycles. The molecule has 2 N–H and O–H groups in total. The van der Waals surface area contributed by atoms with Gasteiger partial charge in [-0.3, -0.25) is 0 Å². The third-order valence-electron chi connectivity index (χ3n) is 3.21. The summed E-state index contributed by atoms with van der Waals surface area (Å²) in [6.45, 7) is 5.25. The van der Waals surface area contributed by atoms with Gasteiger partial charge in [-0.05, 0) is 32.0 Å². The first-order valence-electron chi connectivity index (χ1n) is 7.38. The van der Waals surface area contributed by atoms with Gasteiger partial charge in [0, 0.05) is 31.2 Å². The predicted octanol–water partition coefficient (Wildman–Crippen LogP) is 2.58. The first-order valence-corrected chi connectivity index (χ1v) is 7.38. The van der Waals surface area contributed by atoms with Crippen molar-refractivity contribution >= 4 is 10.9 Å². The summed E-state index contributed by atoms with van der Waals surface area (Å²) in [6.07, 6.45) is -1.38. The van der Waals surface area contributed by atoms with Crippen LogP contribution in [0.25, 0.3) is 10.9 Å². The number of hydrogen-bond acceptors (Lipinski definition) is 5. The van der Waals surface area contributed by atoms with Crippen molar-refractivity contribution in [2.75, 3.05) is 26.9 Å². The van der Waals surface area contributed by atoms with Gasteiger partial charge in [-0.1, -0.05) is 6.07 Å². The lowest BCUT2D eigenvalue weighted by atomic mass is 10.2. The van der Waals surface area contributed by atoms with E-state index in [-0.39, 0.29) is 0 Å². The van der Waals surface area contributed by atoms with Crippen molar-refractivity contribution < 1.29 is 24.1 Å². The summed E-state index contributed by atoms with van der Waals surface area (Å²) < 4.78 is 21.7. The molecule has 0 amide bonds. The SMILES string of the molecule is CCOC(COc1cccc2[nH]c(C(O)OC)cc12)OCC. The minimum Gasteiger partial charge on any atom is -0.488 e. The van der Waals surface area contributed by atoms with Gasteiger partial charge in [-0.15, -0.1) is 0 Å². The highest BCUT2D eigenvalue weighted by Gasteiger charge is 2.14. The second kappa shape index (κ2) is 8.14. The van der Waals surface area contributed by atoms with Crippen LogP contribution in [0.1, 0.15) is 25.8 Å². The van der Waals surface area contributed by atoms with Crippen molar-refractivity contribution in [1.29, 1.82) is 0 Å². The Balaban J connectivity index is 2.15. The molecule has 22 heavy (non-hydrogen) atoms. The number of rotatable bonds is 9. The van der Waals surface area contributed by atoms with Gasteiger partial charge < -0.3 is 29.0 Å². The van der Waals surface area contributed by atoms with E-state index in [1.54, 1.807) is 0 Å². The summed E-state index contributed by atoms with van der Waals surface area (Å²) in [6, 6.07) is 7.48. The van der Waals surface area contributed by atoms with E-state index in [1.807, 2.05) is 38.1 Å². The predicted molar refractivity (Wildman–Crippen MR) is 82.8 cm³/mol. The number of fused-ring (bicyclic) bond motifs is 1. The number of hydrogen-bond donors (Lipinski definition) is 2. The number of nitrogens with one attached hydrogen (secondary N) is 1. The molecule has 6 nitrogen and oxygen atoms in total. The Kier molecular flexibility index (Phi) is 6.21. The monoisotopic (exact) mass is 309 g/mol. The Hall–Kier alpha value is -1.60. The fourth-order valence-corrected chi connectivity index (χ4v) is 2.21. The maximum Gasteiger partial charge on any atom is 0.196 e. The molecule has 1 atom stereocenters. The van der Waals surface area contributed by atoms with Crippen LogP contribution in [0, 0.1) is 0 Å². The van der Waals surface area contributed by atoms with Crippen molar-refractivity contribution in [3.8, 4) is 5.75 Å². The van der Waals surface area contributed by atoms with Crippen LogP contribution in [0.4, 0.5) is 0 Å². The molecule has 0 bridgehead atoms. The Morgan fingerprint density at radius 1 is 1.18 bits per heavy atom. The molecule has 0 radical (unpaired) electrons. The molecular weight excluding hydrogens is 286 g/mol. The summed E-state index contributed by atoms with van der Waals surface area (Å²) in [7, 11) is 1.45. The van der Waals surface area contributed by atoms with E-state index in [9.17, 15) is 5.11 Å². The second-order valence-corrected chi connectivity index (χ2v) is 4.68. The zero-order valence-corrected chi connectivity index (χ0v) is 13.2. The molecule has 1 heterocycles. The average molecular weight is 309 g/mol. The number of aliphatic hydroxyl groups excluding tert-OH is 1. The Labute approximate surface area is 129 Å². The van der Waals surface area contributed by atoms with E-state index in [4.69, 9.17) is 18.9 Å². The molecule has 2 rings (SSSR count). The Morgan fingerprint density at radius 2 is 1.91 bits per heavy atom. The summed E-state index contributed by atoms with van der Waals surface area (Å²) in [5.74, 6) is 0.702. The molecule has 0 spiro atoms. The number of aromatic amines is 1. The van der Waals surface area contributed by atoms with Gasteiger partial charge >= 0.3 is 0 Å². The normalized spacial score (nSPS) is 13.0. The van der Waals surface area contributed by atoms with Crippen LogP contribution in [0.2, 0.25) is 0 Å². The van der Waals surface area contributed by atoms with Gasteiger partial charge in [-0.25, -0.2) is 0 Å². The molecule has 0 saturated heterocycles. The number of H-pyrrole nitrogens is 1. The van der Waals surface area contributed by atoms with Gasteiger partial charge in [0.05, 0.1) is 5.69 Å². The Morgan fingerprint density at radius 3 is 2.55 bits per heavy atom. The summed E-state index contributed by atoms with van der Waals surface area (Å²) in [5, 5.41) is 10.6. The topological polar surface area (TPSA) is 72.9 Å². The minimum atomic E-state index is -0.986. The quantitative estimate of drug-likeness (QED) is 0.697. The zero-order valence-electron chi connectivity index (χ0n) is 13.2. The zero-order chi connectivity index (χ0) is 15.9. The molecule has 1 aromatic heterocycles. The average Bonchev–Trinajstić information content (AvgIpc) is 2.97. The smallest absolute Gasteiger partial charge is 0.196 e. The van der Waals surface area contributed by atoms with Gasteiger partial charge in [0.15, 0.2) is 12.6 Å². The molecule has 0 aliphatic carbocycles. The molecule has 0 fully saturated rings. The molecule has 2 aromatic rings. The van der Waals surface area contributed by atoms with Gasteiger partial charge in [0.2, 0.25) is 0 Å². The van der Waals surface area contributed by atoms with Crippen LogP contribution >= 0.6 is 0 Å². The van der Waals surface area contributed by atoms with E-state index in [2.05, 4.69) is 4.98 Å². The molecule has 0 aliphatic rings. The van der Waals surface area contributed by atoms with Crippen LogP contribution in [0.15, 0.2) is 24.3 Å². The summed E-state index contributed by atoms with van der Waals surface area (Å²) in [5.41, 5.74) is 1.45. The van der Waals surface area contributed by atoms with Crippen molar-refractivity contribution in [3.05, 3.63) is 30.0 Å². The number of aliphatic hydroxyl groups is 1. The molecular formula is C16H23NO5. The van der Waals surface area contributed by atoms with Crippen LogP contribution < -0.4 is 4.74 Å². The lowest BCUT2D eigenvalue weighted by molar-refractivity contribution is -0.152. The van der Waals surface area contributed by atoms with E-state index in [1.165, 1.54) is 7.11 Å². The van der Waals surface area contributed by atoms with Gasteiger partial charge in [0.25, 0.3) is 0 Å². The van der Waals surface area contributed by atoms with Gasteiger partial charge in [-0.2, -0.15) is 0 Å². The van der Waals surface area contributed by atoms with E-state index >= 15 is 0 Å². The summed E-state index contributed by atoms with van der Waals surface area (Å²) in [4.78, 5) is 3.11. The highest BCUT2D eigenvalue weighted by molar-refractivity contribution is 5.86. The third-order valence-corrected chi connectivity index (χ3v) is 3.21. The van der Waals surface area contributed by atoms with Crippen molar-refractivity contribution in [1.82, 2.24) is 4.98 Å². The molecule has 1 aromatic carbocycles. The first kappa shape index (κ1) is 16.8. The number of ether oxygens (including phenoxy) is 4. The van der Waals surface area contributed by atoms with E-state index in [0.29, 0.717) is 31.3 Å². The molecule has 122 valence electrons. The van der Waals surface area contributed by atoms with Gasteiger partial charge in [0.1, 0.15) is 12.4 Å². The third kappa shape index (κ3) is 3.98. The highest BCUT2D eigenvalue weighted by atomic mass is 16.7. The van der Waals surface area contributed by atoms with Crippen molar-refractivity contribution in [3.63, 3.8) is 0 Å². The maximum atomic E-state index is 9.74. The first-order chi connectivity index (χ1) is 10.7. The van der Waals surface area contributed by atoms with E-state index < -0.39 is 12.6 Å². The fraction of sp³-hybridized carbons (Fsp3) is 0.500. The number of aromatic nitrogens is 1. The maximum absolute atomic E-state index is 9.74. The molecule has 0 saturated carbocycles. The molecule has 6 heteroatoms. The Bertz CT molecular complexity index is 577. The van der Waals surface area contributed by atoms with Crippen molar-refractivity contribution in [2.24, 2.45) is 0 Å². The lowest BCUT2D eigenvalue weighted by Gasteiger charge is -2.17. The number of methoxy groups -OCH3 is 1. The highest BCUT2D eigenvalue weighted by Crippen LogP contribution is 2.28. The standard InChI is InChI=1S/C16H23NO5/c1-4-20-15(21-5-2)10-22-14-8-6-7-12-11(14)9-13(17-12)16(18)19-3/h6-9,15-18H,4-5,10H2,1-3H3. The lowest BCUT2D eigenvalue weighted by Crippen LogP contribution is -2.25. The van der Waals surface area contributed by atoms with Crippen LogP contribution in [0.3, 0.4) is 0 Å².